The molecule has 0 saturated carbocycles. The highest BCUT2D eigenvalue weighted by atomic mass is 16.2. The highest BCUT2D eigenvalue weighted by Crippen LogP contribution is 2.44. The number of aromatic amines is 1. The van der Waals surface area contributed by atoms with Gasteiger partial charge in [-0.15, -0.1) is 6.58 Å². The lowest BCUT2D eigenvalue weighted by Crippen LogP contribution is -2.52. The van der Waals surface area contributed by atoms with Gasteiger partial charge in [0.1, 0.15) is 11.6 Å². The monoisotopic (exact) mass is 401 g/mol. The lowest BCUT2D eigenvalue weighted by atomic mass is 9.72. The Morgan fingerprint density at radius 2 is 2.23 bits per heavy atom. The van der Waals surface area contributed by atoms with Crippen molar-refractivity contribution in [2.45, 2.75) is 38.6 Å². The maximum atomic E-state index is 13.2. The lowest BCUT2D eigenvalue weighted by molar-refractivity contribution is -0.122. The Bertz CT molecular complexity index is 1110. The van der Waals surface area contributed by atoms with Crippen molar-refractivity contribution in [2.75, 3.05) is 18.4 Å². The van der Waals surface area contributed by atoms with E-state index in [1.807, 2.05) is 26.0 Å². The van der Waals surface area contributed by atoms with E-state index in [0.717, 1.165) is 31.6 Å². The van der Waals surface area contributed by atoms with Crippen molar-refractivity contribution in [3.05, 3.63) is 65.8 Å². The van der Waals surface area contributed by atoms with Gasteiger partial charge in [0, 0.05) is 53.9 Å². The molecule has 6 heteroatoms. The fraction of sp³-hybridized carbons (Fsp3) is 0.375. The number of likely N-dealkylation sites (tertiary alicyclic amines) is 1. The Morgan fingerprint density at radius 3 is 3.03 bits per heavy atom. The summed E-state index contributed by atoms with van der Waals surface area (Å²) in [7, 11) is 0. The number of aryl methyl sites for hydroxylation is 2. The van der Waals surface area contributed by atoms with Crippen molar-refractivity contribution in [2.24, 2.45) is 5.92 Å². The zero-order chi connectivity index (χ0) is 20.8. The number of anilines is 1. The van der Waals surface area contributed by atoms with Gasteiger partial charge in [0.25, 0.3) is 0 Å². The molecule has 30 heavy (non-hydrogen) atoms. The minimum atomic E-state index is -0.0995. The number of nitrogens with zero attached hydrogens (tertiary/aromatic N) is 3. The Hall–Kier alpha value is -2.99. The molecule has 6 nitrogen and oxygen atoms in total. The van der Waals surface area contributed by atoms with Crippen molar-refractivity contribution in [1.82, 2.24) is 19.9 Å². The van der Waals surface area contributed by atoms with Gasteiger partial charge in [-0.05, 0) is 43.9 Å². The first-order valence-corrected chi connectivity index (χ1v) is 10.6. The lowest BCUT2D eigenvalue weighted by Gasteiger charge is -2.46. The number of piperidine rings is 1. The number of amides is 1. The SMILES string of the molecule is C=CCN1C[C@H](C(=O)Nc2cc(C)nc(C)n2)C[C@@H]2c3cccc4[nH]cc(c34)C[C@H]21. The number of carbonyl (C=O) groups excluding carboxylic acids is 1. The maximum absolute atomic E-state index is 13.2. The summed E-state index contributed by atoms with van der Waals surface area (Å²) in [6.45, 7) is 9.23. The van der Waals surface area contributed by atoms with Gasteiger partial charge in [-0.3, -0.25) is 9.69 Å². The van der Waals surface area contributed by atoms with Crippen molar-refractivity contribution in [3.63, 3.8) is 0 Å². The number of benzene rings is 1. The molecule has 3 aromatic rings. The highest BCUT2D eigenvalue weighted by molar-refractivity contribution is 5.92. The summed E-state index contributed by atoms with van der Waals surface area (Å²) in [4.78, 5) is 27.8. The Morgan fingerprint density at radius 1 is 1.37 bits per heavy atom. The third kappa shape index (κ3) is 3.21. The number of hydrogen-bond donors (Lipinski definition) is 2. The van der Waals surface area contributed by atoms with Crippen LogP contribution in [-0.4, -0.2) is 44.9 Å². The van der Waals surface area contributed by atoms with Crippen LogP contribution in [0.25, 0.3) is 10.9 Å². The summed E-state index contributed by atoms with van der Waals surface area (Å²) < 4.78 is 0. The molecule has 3 atom stereocenters. The van der Waals surface area contributed by atoms with Crippen LogP contribution in [0.4, 0.5) is 5.82 Å². The maximum Gasteiger partial charge on any atom is 0.229 e. The topological polar surface area (TPSA) is 73.9 Å². The quantitative estimate of drug-likeness (QED) is 0.654. The van der Waals surface area contributed by atoms with Crippen molar-refractivity contribution < 1.29 is 4.79 Å². The van der Waals surface area contributed by atoms with Gasteiger partial charge in [0.2, 0.25) is 5.91 Å². The molecule has 0 spiro atoms. The average molecular weight is 402 g/mol. The third-order valence-electron chi connectivity index (χ3n) is 6.53. The van der Waals surface area contributed by atoms with Crippen LogP contribution >= 0.6 is 0 Å². The minimum absolute atomic E-state index is 0.0343. The molecule has 5 rings (SSSR count). The van der Waals surface area contributed by atoms with E-state index >= 15 is 0 Å². The molecule has 1 amide bonds. The first-order chi connectivity index (χ1) is 14.5. The van der Waals surface area contributed by atoms with Gasteiger partial charge in [-0.1, -0.05) is 18.2 Å². The Balaban J connectivity index is 1.46. The molecule has 0 unspecified atom stereocenters. The molecular weight excluding hydrogens is 374 g/mol. The van der Waals surface area contributed by atoms with E-state index < -0.39 is 0 Å². The minimum Gasteiger partial charge on any atom is -0.361 e. The molecule has 0 radical (unpaired) electrons. The van der Waals surface area contributed by atoms with Crippen LogP contribution < -0.4 is 5.32 Å². The molecule has 1 aromatic carbocycles. The van der Waals surface area contributed by atoms with Gasteiger partial charge in [-0.2, -0.15) is 0 Å². The van der Waals surface area contributed by atoms with Gasteiger partial charge in [0.05, 0.1) is 5.92 Å². The van der Waals surface area contributed by atoms with Crippen LogP contribution in [0.15, 0.2) is 43.1 Å². The summed E-state index contributed by atoms with van der Waals surface area (Å²) >= 11 is 0. The number of hydrogen-bond acceptors (Lipinski definition) is 4. The molecule has 2 N–H and O–H groups in total. The van der Waals surface area contributed by atoms with Crippen LogP contribution in [0.3, 0.4) is 0 Å². The number of fused-ring (bicyclic) bond motifs is 2. The average Bonchev–Trinajstić information content (AvgIpc) is 3.12. The van der Waals surface area contributed by atoms with E-state index in [4.69, 9.17) is 0 Å². The Kier molecular flexibility index (Phi) is 4.66. The summed E-state index contributed by atoms with van der Waals surface area (Å²) in [6, 6.07) is 8.71. The molecule has 1 aliphatic carbocycles. The van der Waals surface area contributed by atoms with Crippen LogP contribution in [0, 0.1) is 19.8 Å². The van der Waals surface area contributed by atoms with E-state index in [-0.39, 0.29) is 11.8 Å². The molecule has 2 aliphatic rings. The first-order valence-electron chi connectivity index (χ1n) is 10.6. The number of carbonyl (C=O) groups is 1. The second-order valence-corrected chi connectivity index (χ2v) is 8.57. The molecule has 1 saturated heterocycles. The predicted octanol–water partition coefficient (Wildman–Crippen LogP) is 3.73. The summed E-state index contributed by atoms with van der Waals surface area (Å²) in [5, 5.41) is 4.39. The van der Waals surface area contributed by atoms with Crippen molar-refractivity contribution in [3.8, 4) is 0 Å². The highest BCUT2D eigenvalue weighted by Gasteiger charge is 2.42. The molecule has 154 valence electrons. The summed E-state index contributed by atoms with van der Waals surface area (Å²) in [5.74, 6) is 1.52. The van der Waals surface area contributed by atoms with Gasteiger partial charge >= 0.3 is 0 Å². The number of rotatable bonds is 4. The largest absolute Gasteiger partial charge is 0.361 e. The molecule has 1 fully saturated rings. The fourth-order valence-electron chi connectivity index (χ4n) is 5.37. The third-order valence-corrected chi connectivity index (χ3v) is 6.53. The van der Waals surface area contributed by atoms with Gasteiger partial charge < -0.3 is 10.3 Å². The van der Waals surface area contributed by atoms with E-state index in [1.54, 1.807) is 0 Å². The Labute approximate surface area is 176 Å². The second-order valence-electron chi connectivity index (χ2n) is 8.57. The zero-order valence-corrected chi connectivity index (χ0v) is 17.5. The van der Waals surface area contributed by atoms with Gasteiger partial charge in [0.15, 0.2) is 0 Å². The van der Waals surface area contributed by atoms with Crippen LogP contribution in [0.1, 0.15) is 35.0 Å². The van der Waals surface area contributed by atoms with Crippen molar-refractivity contribution >= 4 is 22.6 Å². The molecular formula is C24H27N5O. The predicted molar refractivity (Wildman–Crippen MR) is 119 cm³/mol. The number of H-pyrrole nitrogens is 1. The summed E-state index contributed by atoms with van der Waals surface area (Å²) in [6.07, 6.45) is 5.95. The van der Waals surface area contributed by atoms with E-state index in [1.165, 1.54) is 22.0 Å². The van der Waals surface area contributed by atoms with E-state index in [9.17, 15) is 4.79 Å². The second kappa shape index (κ2) is 7.36. The normalized spacial score (nSPS) is 23.2. The molecule has 3 heterocycles. The fourth-order valence-corrected chi connectivity index (χ4v) is 5.37. The van der Waals surface area contributed by atoms with Gasteiger partial charge in [-0.25, -0.2) is 9.97 Å². The molecule has 2 aromatic heterocycles. The van der Waals surface area contributed by atoms with Crippen LogP contribution in [0.5, 0.6) is 0 Å². The van der Waals surface area contributed by atoms with Crippen LogP contribution in [0.2, 0.25) is 0 Å². The summed E-state index contributed by atoms with van der Waals surface area (Å²) in [5.41, 5.74) is 4.79. The smallest absolute Gasteiger partial charge is 0.229 e. The van der Waals surface area contributed by atoms with Crippen LogP contribution in [-0.2, 0) is 11.2 Å². The first kappa shape index (κ1) is 19.0. The molecule has 1 aliphatic heterocycles. The number of nitrogens with one attached hydrogen (secondary N) is 2. The standard InChI is InChI=1S/C24H27N5O/c1-4-8-29-13-17(24(30)28-22-9-14(2)26-15(3)27-22)10-19-18-6-5-7-20-23(18)16(12-25-20)11-21(19)29/h4-7,9,12,17,19,21,25H,1,8,10-11,13H2,2-3H3,(H,26,27,28,30)/t17-,19-,21-/m1/s1. The van der Waals surface area contributed by atoms with E-state index in [0.29, 0.717) is 23.6 Å². The molecule has 0 bridgehead atoms. The zero-order valence-electron chi connectivity index (χ0n) is 17.5. The van der Waals surface area contributed by atoms with Crippen molar-refractivity contribution in [1.29, 1.82) is 0 Å². The van der Waals surface area contributed by atoms with E-state index in [2.05, 4.69) is 56.1 Å². The number of aromatic nitrogens is 3.